The average molecular weight is 331 g/mol. The van der Waals surface area contributed by atoms with E-state index in [1.54, 1.807) is 0 Å². The van der Waals surface area contributed by atoms with Gasteiger partial charge in [0.05, 0.1) is 5.02 Å². The highest BCUT2D eigenvalue weighted by Crippen LogP contribution is 2.28. The Morgan fingerprint density at radius 2 is 2.22 bits per heavy atom. The molecule has 3 heteroatoms. The molecule has 18 heavy (non-hydrogen) atoms. The summed E-state index contributed by atoms with van der Waals surface area (Å²) in [5, 5.41) is 4.35. The van der Waals surface area contributed by atoms with Crippen molar-refractivity contribution in [3.05, 3.63) is 33.3 Å². The minimum atomic E-state index is 0.778. The van der Waals surface area contributed by atoms with Crippen LogP contribution in [0.3, 0.4) is 0 Å². The second-order valence-corrected chi connectivity index (χ2v) is 6.78. The van der Waals surface area contributed by atoms with E-state index in [1.165, 1.54) is 31.2 Å². The Morgan fingerprint density at radius 1 is 1.39 bits per heavy atom. The van der Waals surface area contributed by atoms with Crippen LogP contribution in [-0.2, 0) is 6.54 Å². The maximum absolute atomic E-state index is 5.99. The maximum Gasteiger partial charge on any atom is 0.0548 e. The van der Waals surface area contributed by atoms with Gasteiger partial charge in [0.15, 0.2) is 0 Å². The third-order valence-corrected chi connectivity index (χ3v) is 5.01. The molecule has 1 aliphatic rings. The molecule has 0 amide bonds. The molecule has 0 radical (unpaired) electrons. The minimum Gasteiger partial charge on any atom is -0.312 e. The van der Waals surface area contributed by atoms with Crippen LogP contribution in [0.15, 0.2) is 22.7 Å². The van der Waals surface area contributed by atoms with Crippen LogP contribution in [0.5, 0.6) is 0 Å². The molecule has 1 aromatic carbocycles. The number of benzene rings is 1. The summed E-state index contributed by atoms with van der Waals surface area (Å²) in [6, 6.07) is 6.13. The van der Waals surface area contributed by atoms with E-state index in [2.05, 4.69) is 40.3 Å². The van der Waals surface area contributed by atoms with Gasteiger partial charge in [-0.1, -0.05) is 37.4 Å². The molecule has 0 spiro atoms. The zero-order valence-corrected chi connectivity index (χ0v) is 13.2. The molecule has 1 aromatic rings. The third kappa shape index (κ3) is 4.25. The molecule has 0 aromatic heterocycles. The monoisotopic (exact) mass is 329 g/mol. The Hall–Kier alpha value is -0.0500. The van der Waals surface area contributed by atoms with E-state index in [9.17, 15) is 0 Å². The Kier molecular flexibility index (Phi) is 5.53. The van der Waals surface area contributed by atoms with Gasteiger partial charge in [-0.25, -0.2) is 0 Å². The van der Waals surface area contributed by atoms with Crippen molar-refractivity contribution < 1.29 is 0 Å². The first kappa shape index (κ1) is 14.4. The summed E-state index contributed by atoms with van der Waals surface area (Å²) >= 11 is 9.45. The predicted molar refractivity (Wildman–Crippen MR) is 82.0 cm³/mol. The highest BCUT2D eigenvalue weighted by Gasteiger charge is 2.18. The van der Waals surface area contributed by atoms with E-state index in [1.807, 2.05) is 6.07 Å². The molecule has 0 bridgehead atoms. The third-order valence-electron chi connectivity index (χ3n) is 3.79. The largest absolute Gasteiger partial charge is 0.312 e. The van der Waals surface area contributed by atoms with Crippen LogP contribution in [0, 0.1) is 11.8 Å². The number of nitrogens with one attached hydrogen (secondary N) is 1. The van der Waals surface area contributed by atoms with Crippen LogP contribution in [0.2, 0.25) is 5.02 Å². The highest BCUT2D eigenvalue weighted by molar-refractivity contribution is 9.10. The van der Waals surface area contributed by atoms with Gasteiger partial charge in [-0.15, -0.1) is 0 Å². The predicted octanol–water partition coefficient (Wildman–Crippen LogP) is 5.02. The van der Waals surface area contributed by atoms with Gasteiger partial charge >= 0.3 is 0 Å². The summed E-state index contributed by atoms with van der Waals surface area (Å²) in [5.41, 5.74) is 1.29. The Bertz CT molecular complexity index is 394. The molecule has 100 valence electrons. The molecule has 1 saturated carbocycles. The van der Waals surface area contributed by atoms with Gasteiger partial charge in [-0.05, 0) is 64.8 Å². The van der Waals surface area contributed by atoms with Crippen LogP contribution >= 0.6 is 27.5 Å². The topological polar surface area (TPSA) is 12.0 Å². The van der Waals surface area contributed by atoms with Crippen molar-refractivity contribution in [3.63, 3.8) is 0 Å². The van der Waals surface area contributed by atoms with Crippen LogP contribution in [0.25, 0.3) is 0 Å². The fraction of sp³-hybridized carbons (Fsp3) is 0.600. The summed E-state index contributed by atoms with van der Waals surface area (Å²) in [6.45, 7) is 4.45. The van der Waals surface area contributed by atoms with Gasteiger partial charge in [0.1, 0.15) is 0 Å². The van der Waals surface area contributed by atoms with E-state index in [4.69, 9.17) is 11.6 Å². The zero-order chi connectivity index (χ0) is 13.0. The van der Waals surface area contributed by atoms with E-state index in [0.29, 0.717) is 0 Å². The standard InChI is InChI=1S/C15H21BrClN/c1-11-3-2-4-12(7-11)9-18-10-13-5-6-15(17)14(16)8-13/h5-6,8,11-12,18H,2-4,7,9-10H2,1H3. The fourth-order valence-electron chi connectivity index (χ4n) is 2.82. The second kappa shape index (κ2) is 6.93. The van der Waals surface area contributed by atoms with Gasteiger partial charge < -0.3 is 5.32 Å². The molecule has 0 heterocycles. The number of hydrogen-bond acceptors (Lipinski definition) is 1. The molecule has 2 rings (SSSR count). The molecular formula is C15H21BrClN. The van der Waals surface area contributed by atoms with Gasteiger partial charge in [0.2, 0.25) is 0 Å². The molecule has 2 atom stereocenters. The summed E-state index contributed by atoms with van der Waals surface area (Å²) < 4.78 is 0.981. The first-order valence-electron chi connectivity index (χ1n) is 6.80. The van der Waals surface area contributed by atoms with Gasteiger partial charge in [-0.2, -0.15) is 0 Å². The molecule has 1 aliphatic carbocycles. The van der Waals surface area contributed by atoms with E-state index >= 15 is 0 Å². The van der Waals surface area contributed by atoms with Crippen LogP contribution in [-0.4, -0.2) is 6.54 Å². The summed E-state index contributed by atoms with van der Waals surface area (Å²) in [5.74, 6) is 1.78. The van der Waals surface area contributed by atoms with Crippen molar-refractivity contribution >= 4 is 27.5 Å². The average Bonchev–Trinajstić information content (AvgIpc) is 2.34. The van der Waals surface area contributed by atoms with Crippen molar-refractivity contribution in [2.75, 3.05) is 6.54 Å². The molecule has 1 N–H and O–H groups in total. The van der Waals surface area contributed by atoms with Crippen molar-refractivity contribution in [1.82, 2.24) is 5.32 Å². The Balaban J connectivity index is 1.76. The normalized spacial score (nSPS) is 24.2. The van der Waals surface area contributed by atoms with E-state index in [0.717, 1.165) is 34.4 Å². The number of hydrogen-bond donors (Lipinski definition) is 1. The first-order valence-corrected chi connectivity index (χ1v) is 7.97. The smallest absolute Gasteiger partial charge is 0.0548 e. The highest BCUT2D eigenvalue weighted by atomic mass is 79.9. The van der Waals surface area contributed by atoms with Crippen LogP contribution in [0.4, 0.5) is 0 Å². The number of halogens is 2. The van der Waals surface area contributed by atoms with Crippen molar-refractivity contribution in [3.8, 4) is 0 Å². The molecule has 1 fully saturated rings. The van der Waals surface area contributed by atoms with Gasteiger partial charge in [-0.3, -0.25) is 0 Å². The lowest BCUT2D eigenvalue weighted by molar-refractivity contribution is 0.274. The molecule has 0 aliphatic heterocycles. The first-order chi connectivity index (χ1) is 8.65. The lowest BCUT2D eigenvalue weighted by atomic mass is 9.82. The van der Waals surface area contributed by atoms with Crippen LogP contribution < -0.4 is 5.32 Å². The Morgan fingerprint density at radius 3 is 2.94 bits per heavy atom. The fourth-order valence-corrected chi connectivity index (χ4v) is 3.36. The quantitative estimate of drug-likeness (QED) is 0.817. The zero-order valence-electron chi connectivity index (χ0n) is 10.9. The summed E-state index contributed by atoms with van der Waals surface area (Å²) in [6.07, 6.45) is 5.60. The SMILES string of the molecule is CC1CCCC(CNCc2ccc(Cl)c(Br)c2)C1. The lowest BCUT2D eigenvalue weighted by Gasteiger charge is -2.26. The second-order valence-electron chi connectivity index (χ2n) is 5.52. The Labute approximate surface area is 123 Å². The molecule has 0 saturated heterocycles. The summed E-state index contributed by atoms with van der Waals surface area (Å²) in [7, 11) is 0. The van der Waals surface area contributed by atoms with Crippen molar-refractivity contribution in [2.24, 2.45) is 11.8 Å². The van der Waals surface area contributed by atoms with Gasteiger partial charge in [0, 0.05) is 11.0 Å². The maximum atomic E-state index is 5.99. The number of rotatable bonds is 4. The lowest BCUT2D eigenvalue weighted by Crippen LogP contribution is -2.26. The van der Waals surface area contributed by atoms with Crippen molar-refractivity contribution in [1.29, 1.82) is 0 Å². The minimum absolute atomic E-state index is 0.778. The van der Waals surface area contributed by atoms with Gasteiger partial charge in [0.25, 0.3) is 0 Å². The molecular weight excluding hydrogens is 310 g/mol. The van der Waals surface area contributed by atoms with E-state index < -0.39 is 0 Å². The molecule has 1 nitrogen and oxygen atoms in total. The van der Waals surface area contributed by atoms with E-state index in [-0.39, 0.29) is 0 Å². The van der Waals surface area contributed by atoms with Crippen molar-refractivity contribution in [2.45, 2.75) is 39.2 Å². The molecule has 2 unspecified atom stereocenters. The van der Waals surface area contributed by atoms with Crippen LogP contribution in [0.1, 0.15) is 38.2 Å². The summed E-state index contributed by atoms with van der Waals surface area (Å²) in [4.78, 5) is 0.